The van der Waals surface area contributed by atoms with Gasteiger partial charge in [-0.3, -0.25) is 0 Å². The first kappa shape index (κ1) is 19.3. The van der Waals surface area contributed by atoms with Gasteiger partial charge < -0.3 is 4.74 Å². The summed E-state index contributed by atoms with van der Waals surface area (Å²) in [5.74, 6) is -0.600. The Morgan fingerprint density at radius 2 is 1.69 bits per heavy atom. The number of benzene rings is 2. The Morgan fingerprint density at radius 1 is 1.04 bits per heavy atom. The van der Waals surface area contributed by atoms with Crippen molar-refractivity contribution in [3.63, 3.8) is 0 Å². The number of hydrogen-bond donors (Lipinski definition) is 0. The predicted octanol–water partition coefficient (Wildman–Crippen LogP) is 3.57. The standard InChI is InChI=1S/C20H19NO4S/c1-16-8-12-19(13-9-16)26(23,24)21-15-18(14-20(22)25-2)11-10-17-6-4-3-5-7-17/h3-15H,1-2H3/b11-10+,18-14+,21-15+. The average Bonchev–Trinajstić information content (AvgIpc) is 2.65. The molecule has 0 atom stereocenters. The number of aryl methyl sites for hydroxylation is 1. The van der Waals surface area contributed by atoms with Crippen molar-refractivity contribution >= 4 is 28.3 Å². The molecule has 6 heteroatoms. The number of esters is 1. The summed E-state index contributed by atoms with van der Waals surface area (Å²) in [5, 5.41) is 0. The van der Waals surface area contributed by atoms with Crippen LogP contribution in [0.2, 0.25) is 0 Å². The lowest BCUT2D eigenvalue weighted by Gasteiger charge is -2.00. The fourth-order valence-corrected chi connectivity index (χ4v) is 2.84. The molecule has 0 aromatic heterocycles. The average molecular weight is 369 g/mol. The number of methoxy groups -OCH3 is 1. The van der Waals surface area contributed by atoms with E-state index in [-0.39, 0.29) is 4.90 Å². The van der Waals surface area contributed by atoms with Gasteiger partial charge in [-0.15, -0.1) is 0 Å². The van der Waals surface area contributed by atoms with Crippen molar-refractivity contribution in [3.05, 3.63) is 83.4 Å². The second kappa shape index (κ2) is 8.92. The molecule has 0 N–H and O–H groups in total. The van der Waals surface area contributed by atoms with Crippen molar-refractivity contribution in [2.24, 2.45) is 4.40 Å². The lowest BCUT2D eigenvalue weighted by molar-refractivity contribution is -0.134. The summed E-state index contributed by atoms with van der Waals surface area (Å²) >= 11 is 0. The third-order valence-electron chi connectivity index (χ3n) is 3.41. The Morgan fingerprint density at radius 3 is 2.31 bits per heavy atom. The molecule has 0 aliphatic carbocycles. The highest BCUT2D eigenvalue weighted by molar-refractivity contribution is 7.90. The molecule has 0 amide bonds. The van der Waals surface area contributed by atoms with Crippen LogP contribution in [0.3, 0.4) is 0 Å². The quantitative estimate of drug-likeness (QED) is 0.338. The highest BCUT2D eigenvalue weighted by atomic mass is 32.2. The number of carbonyl (C=O) groups excluding carboxylic acids is 1. The molecular formula is C20H19NO4S. The second-order valence-electron chi connectivity index (χ2n) is 5.43. The lowest BCUT2D eigenvalue weighted by Crippen LogP contribution is -2.00. The minimum atomic E-state index is -3.85. The number of hydrogen-bond acceptors (Lipinski definition) is 4. The molecule has 2 rings (SSSR count). The molecule has 26 heavy (non-hydrogen) atoms. The van der Waals surface area contributed by atoms with Crippen LogP contribution in [-0.2, 0) is 19.6 Å². The number of rotatable bonds is 6. The van der Waals surface area contributed by atoms with Gasteiger partial charge in [0.2, 0.25) is 0 Å². The predicted molar refractivity (Wildman–Crippen MR) is 102 cm³/mol. The van der Waals surface area contributed by atoms with Crippen LogP contribution in [0.15, 0.2) is 81.6 Å². The molecule has 134 valence electrons. The zero-order valence-electron chi connectivity index (χ0n) is 14.5. The van der Waals surface area contributed by atoms with E-state index in [9.17, 15) is 13.2 Å². The Labute approximate surface area is 153 Å². The first-order valence-electron chi connectivity index (χ1n) is 7.80. The van der Waals surface area contributed by atoms with Crippen LogP contribution >= 0.6 is 0 Å². The molecule has 0 unspecified atom stereocenters. The van der Waals surface area contributed by atoms with Gasteiger partial charge in [0.05, 0.1) is 12.0 Å². The van der Waals surface area contributed by atoms with Gasteiger partial charge in [-0.05, 0) is 24.6 Å². The van der Waals surface area contributed by atoms with Crippen LogP contribution in [0.4, 0.5) is 0 Å². The van der Waals surface area contributed by atoms with Crippen molar-refractivity contribution in [3.8, 4) is 0 Å². The molecule has 0 saturated heterocycles. The molecule has 0 bridgehead atoms. The maximum absolute atomic E-state index is 12.3. The first-order chi connectivity index (χ1) is 12.4. The van der Waals surface area contributed by atoms with Gasteiger partial charge in [0.25, 0.3) is 10.0 Å². The van der Waals surface area contributed by atoms with Gasteiger partial charge in [0.1, 0.15) is 0 Å². The van der Waals surface area contributed by atoms with Crippen molar-refractivity contribution in [1.82, 2.24) is 0 Å². The van der Waals surface area contributed by atoms with E-state index in [4.69, 9.17) is 0 Å². The number of nitrogens with zero attached hydrogens (tertiary/aromatic N) is 1. The van der Waals surface area contributed by atoms with E-state index < -0.39 is 16.0 Å². The van der Waals surface area contributed by atoms with Crippen LogP contribution < -0.4 is 0 Å². The van der Waals surface area contributed by atoms with Gasteiger partial charge in [-0.25, -0.2) is 4.79 Å². The Hall–Kier alpha value is -2.99. The van der Waals surface area contributed by atoms with Gasteiger partial charge in [-0.2, -0.15) is 12.8 Å². The van der Waals surface area contributed by atoms with E-state index in [0.717, 1.165) is 17.3 Å². The van der Waals surface area contributed by atoms with E-state index in [0.29, 0.717) is 5.57 Å². The summed E-state index contributed by atoms with van der Waals surface area (Å²) in [6.45, 7) is 1.87. The largest absolute Gasteiger partial charge is 0.466 e. The lowest BCUT2D eigenvalue weighted by atomic mass is 10.1. The monoisotopic (exact) mass is 369 g/mol. The maximum Gasteiger partial charge on any atom is 0.331 e. The molecule has 2 aromatic rings. The van der Waals surface area contributed by atoms with Crippen LogP contribution in [0.1, 0.15) is 11.1 Å². The molecule has 0 heterocycles. The fraction of sp³-hybridized carbons (Fsp3) is 0.100. The summed E-state index contributed by atoms with van der Waals surface area (Å²) in [6.07, 6.45) is 5.65. The van der Waals surface area contributed by atoms with E-state index in [1.807, 2.05) is 37.3 Å². The van der Waals surface area contributed by atoms with E-state index in [1.54, 1.807) is 24.3 Å². The SMILES string of the molecule is COC(=O)/C=C(\C=C\c1ccccc1)/C=N/S(=O)(=O)c1ccc(C)cc1. The minimum absolute atomic E-state index is 0.0869. The molecule has 0 aliphatic heterocycles. The second-order valence-corrected chi connectivity index (χ2v) is 7.07. The zero-order valence-corrected chi connectivity index (χ0v) is 15.3. The Kier molecular flexibility index (Phi) is 6.63. The van der Waals surface area contributed by atoms with Crippen LogP contribution in [0.25, 0.3) is 6.08 Å². The third-order valence-corrected chi connectivity index (χ3v) is 4.66. The molecular weight excluding hydrogens is 350 g/mol. The Balaban J connectivity index is 2.29. The molecule has 0 radical (unpaired) electrons. The summed E-state index contributed by atoms with van der Waals surface area (Å²) < 4.78 is 32.9. The number of allylic oxidation sites excluding steroid dienone is 2. The van der Waals surface area contributed by atoms with Crippen molar-refractivity contribution < 1.29 is 17.9 Å². The molecule has 0 spiro atoms. The van der Waals surface area contributed by atoms with Crippen LogP contribution in [0, 0.1) is 6.92 Å². The summed E-state index contributed by atoms with van der Waals surface area (Å²) in [4.78, 5) is 11.6. The normalized spacial score (nSPS) is 12.6. The maximum atomic E-state index is 12.3. The number of ether oxygens (including phenoxy) is 1. The third kappa shape index (κ3) is 5.82. The fourth-order valence-electron chi connectivity index (χ4n) is 1.98. The summed E-state index contributed by atoms with van der Waals surface area (Å²) in [7, 11) is -2.61. The van der Waals surface area contributed by atoms with Crippen molar-refractivity contribution in [2.75, 3.05) is 7.11 Å². The Bertz CT molecular complexity index is 941. The van der Waals surface area contributed by atoms with E-state index in [1.165, 1.54) is 25.3 Å². The summed E-state index contributed by atoms with van der Waals surface area (Å²) in [5.41, 5.74) is 2.15. The highest BCUT2D eigenvalue weighted by Crippen LogP contribution is 2.13. The smallest absolute Gasteiger partial charge is 0.331 e. The molecule has 5 nitrogen and oxygen atoms in total. The van der Waals surface area contributed by atoms with Crippen molar-refractivity contribution in [2.45, 2.75) is 11.8 Å². The first-order valence-corrected chi connectivity index (χ1v) is 9.24. The highest BCUT2D eigenvalue weighted by Gasteiger charge is 2.11. The van der Waals surface area contributed by atoms with Gasteiger partial charge in [0.15, 0.2) is 0 Å². The number of sulfonamides is 1. The molecule has 2 aromatic carbocycles. The number of carbonyl (C=O) groups is 1. The van der Waals surface area contributed by atoms with Gasteiger partial charge >= 0.3 is 5.97 Å². The van der Waals surface area contributed by atoms with E-state index >= 15 is 0 Å². The molecule has 0 fully saturated rings. The molecule has 0 aliphatic rings. The van der Waals surface area contributed by atoms with Crippen LogP contribution in [-0.4, -0.2) is 27.7 Å². The summed E-state index contributed by atoms with van der Waals surface area (Å²) in [6, 6.07) is 15.8. The molecule has 0 saturated carbocycles. The van der Waals surface area contributed by atoms with Crippen LogP contribution in [0.5, 0.6) is 0 Å². The topological polar surface area (TPSA) is 72.8 Å². The zero-order chi connectivity index (χ0) is 19.0. The van der Waals surface area contributed by atoms with Gasteiger partial charge in [-0.1, -0.05) is 60.2 Å². The minimum Gasteiger partial charge on any atom is -0.466 e. The van der Waals surface area contributed by atoms with E-state index in [2.05, 4.69) is 9.13 Å². The van der Waals surface area contributed by atoms with Gasteiger partial charge in [0, 0.05) is 17.9 Å². The van der Waals surface area contributed by atoms with Crippen molar-refractivity contribution in [1.29, 1.82) is 0 Å².